The van der Waals surface area contributed by atoms with E-state index in [2.05, 4.69) is 0 Å². The van der Waals surface area contributed by atoms with Crippen LogP contribution in [0.15, 0.2) is 27.4 Å². The molecule has 0 aliphatic carbocycles. The number of halogens is 1. The van der Waals surface area contributed by atoms with Crippen LogP contribution in [-0.2, 0) is 16.1 Å². The van der Waals surface area contributed by atoms with Crippen molar-refractivity contribution in [3.8, 4) is 0 Å². The van der Waals surface area contributed by atoms with Crippen molar-refractivity contribution in [1.82, 2.24) is 9.47 Å². The standard InChI is InChI=1S/C14H15ClN2O4/c15-10-1-2-13-12(7-10)17(14(19)21-13)9-11(18)8-16-3-5-20-6-4-16/h1-2,7H,3-6,8-9H2. The highest BCUT2D eigenvalue weighted by atomic mass is 35.5. The Hall–Kier alpha value is -1.63. The predicted octanol–water partition coefficient (Wildman–Crippen LogP) is 1.15. The highest BCUT2D eigenvalue weighted by Gasteiger charge is 2.17. The first-order valence-corrected chi connectivity index (χ1v) is 7.12. The zero-order valence-corrected chi connectivity index (χ0v) is 12.1. The van der Waals surface area contributed by atoms with Gasteiger partial charge in [0.05, 0.1) is 31.8 Å². The van der Waals surface area contributed by atoms with Gasteiger partial charge < -0.3 is 9.15 Å². The SMILES string of the molecule is O=C(CN1CCOCC1)Cn1c(=O)oc2ccc(Cl)cc21. The molecule has 0 unspecified atom stereocenters. The Bertz CT molecular complexity index is 715. The van der Waals surface area contributed by atoms with Gasteiger partial charge in [-0.3, -0.25) is 14.3 Å². The van der Waals surface area contributed by atoms with Crippen LogP contribution in [0.4, 0.5) is 0 Å². The fourth-order valence-corrected chi connectivity index (χ4v) is 2.59. The largest absolute Gasteiger partial charge is 0.420 e. The van der Waals surface area contributed by atoms with Crippen LogP contribution in [0.1, 0.15) is 0 Å². The Labute approximate surface area is 125 Å². The smallest absolute Gasteiger partial charge is 0.408 e. The molecule has 0 bridgehead atoms. The number of rotatable bonds is 4. The molecule has 0 spiro atoms. The molecule has 1 aliphatic heterocycles. The van der Waals surface area contributed by atoms with Gasteiger partial charge in [0.25, 0.3) is 0 Å². The average Bonchev–Trinajstić information content (AvgIpc) is 2.76. The molecule has 112 valence electrons. The van der Waals surface area contributed by atoms with E-state index in [1.54, 1.807) is 18.2 Å². The topological polar surface area (TPSA) is 64.7 Å². The Morgan fingerprint density at radius 1 is 1.24 bits per heavy atom. The number of oxazole rings is 1. The number of carbonyl (C=O) groups is 1. The van der Waals surface area contributed by atoms with Crippen LogP contribution in [0, 0.1) is 0 Å². The van der Waals surface area contributed by atoms with E-state index in [0.29, 0.717) is 35.9 Å². The molecule has 2 aromatic rings. The second-order valence-corrected chi connectivity index (χ2v) is 5.43. The zero-order valence-electron chi connectivity index (χ0n) is 11.4. The first-order valence-electron chi connectivity index (χ1n) is 6.74. The third-order valence-corrected chi connectivity index (χ3v) is 3.70. The van der Waals surface area contributed by atoms with E-state index in [4.69, 9.17) is 20.8 Å². The maximum Gasteiger partial charge on any atom is 0.420 e. The van der Waals surface area contributed by atoms with Crippen molar-refractivity contribution >= 4 is 28.5 Å². The molecule has 0 radical (unpaired) electrons. The number of ketones is 1. The Kier molecular flexibility index (Phi) is 4.10. The van der Waals surface area contributed by atoms with E-state index in [-0.39, 0.29) is 12.3 Å². The summed E-state index contributed by atoms with van der Waals surface area (Å²) in [6, 6.07) is 4.90. The van der Waals surface area contributed by atoms with Crippen LogP contribution in [0.2, 0.25) is 5.02 Å². The molecule has 0 saturated carbocycles. The second kappa shape index (κ2) is 6.01. The number of aromatic nitrogens is 1. The fraction of sp³-hybridized carbons (Fsp3) is 0.429. The van der Waals surface area contributed by atoms with Gasteiger partial charge in [0.15, 0.2) is 11.4 Å². The molecular formula is C14H15ClN2O4. The van der Waals surface area contributed by atoms with Crippen LogP contribution in [0.3, 0.4) is 0 Å². The minimum Gasteiger partial charge on any atom is -0.408 e. The summed E-state index contributed by atoms with van der Waals surface area (Å²) in [7, 11) is 0. The van der Waals surface area contributed by atoms with E-state index in [1.807, 2.05) is 4.90 Å². The van der Waals surface area contributed by atoms with E-state index >= 15 is 0 Å². The summed E-state index contributed by atoms with van der Waals surface area (Å²) in [4.78, 5) is 26.0. The van der Waals surface area contributed by atoms with Gasteiger partial charge >= 0.3 is 5.76 Å². The summed E-state index contributed by atoms with van der Waals surface area (Å²) in [5.74, 6) is -0.579. The van der Waals surface area contributed by atoms with Crippen molar-refractivity contribution in [2.24, 2.45) is 0 Å². The summed E-state index contributed by atoms with van der Waals surface area (Å²) in [6.45, 7) is 3.04. The maximum absolute atomic E-state index is 12.1. The van der Waals surface area contributed by atoms with E-state index in [0.717, 1.165) is 13.1 Å². The second-order valence-electron chi connectivity index (χ2n) is 4.99. The third-order valence-electron chi connectivity index (χ3n) is 3.47. The van der Waals surface area contributed by atoms with Crippen molar-refractivity contribution in [3.05, 3.63) is 33.8 Å². The quantitative estimate of drug-likeness (QED) is 0.847. The van der Waals surface area contributed by atoms with Gasteiger partial charge in [-0.25, -0.2) is 4.79 Å². The van der Waals surface area contributed by atoms with Gasteiger partial charge in [0.1, 0.15) is 0 Å². The van der Waals surface area contributed by atoms with Gasteiger partial charge in [-0.15, -0.1) is 0 Å². The number of carbonyl (C=O) groups excluding carboxylic acids is 1. The number of ether oxygens (including phenoxy) is 1. The van der Waals surface area contributed by atoms with Crippen molar-refractivity contribution in [2.75, 3.05) is 32.8 Å². The molecule has 21 heavy (non-hydrogen) atoms. The lowest BCUT2D eigenvalue weighted by Gasteiger charge is -2.25. The summed E-state index contributed by atoms with van der Waals surface area (Å²) < 4.78 is 11.7. The van der Waals surface area contributed by atoms with Gasteiger partial charge in [0, 0.05) is 18.1 Å². The van der Waals surface area contributed by atoms with E-state index in [1.165, 1.54) is 4.57 Å². The summed E-state index contributed by atoms with van der Waals surface area (Å²) >= 11 is 5.93. The van der Waals surface area contributed by atoms with Crippen LogP contribution in [0.5, 0.6) is 0 Å². The number of nitrogens with zero attached hydrogens (tertiary/aromatic N) is 2. The average molecular weight is 311 g/mol. The van der Waals surface area contributed by atoms with Gasteiger partial charge in [-0.05, 0) is 18.2 Å². The molecule has 1 aliphatic rings. The lowest BCUT2D eigenvalue weighted by Crippen LogP contribution is -2.40. The first kappa shape index (κ1) is 14.3. The fourth-order valence-electron chi connectivity index (χ4n) is 2.42. The number of morpholine rings is 1. The molecule has 0 amide bonds. The Morgan fingerprint density at radius 3 is 2.76 bits per heavy atom. The number of hydrogen-bond donors (Lipinski definition) is 0. The molecule has 6 nitrogen and oxygen atoms in total. The molecule has 0 N–H and O–H groups in total. The van der Waals surface area contributed by atoms with Gasteiger partial charge in [0.2, 0.25) is 0 Å². The minimum atomic E-state index is -0.539. The van der Waals surface area contributed by atoms with Crippen molar-refractivity contribution < 1.29 is 13.9 Å². The van der Waals surface area contributed by atoms with E-state index in [9.17, 15) is 9.59 Å². The molecule has 0 atom stereocenters. The molecule has 2 heterocycles. The highest BCUT2D eigenvalue weighted by molar-refractivity contribution is 6.31. The normalized spacial score (nSPS) is 16.4. The van der Waals surface area contributed by atoms with Crippen LogP contribution >= 0.6 is 11.6 Å². The molecule has 3 rings (SSSR count). The van der Waals surface area contributed by atoms with Gasteiger partial charge in [-0.1, -0.05) is 11.6 Å². The Balaban J connectivity index is 1.77. The summed E-state index contributed by atoms with van der Waals surface area (Å²) in [5, 5.41) is 0.498. The number of benzene rings is 1. The molecule has 1 aromatic heterocycles. The lowest BCUT2D eigenvalue weighted by atomic mass is 10.3. The molecule has 1 aromatic carbocycles. The van der Waals surface area contributed by atoms with Crippen molar-refractivity contribution in [3.63, 3.8) is 0 Å². The number of Topliss-reactive ketones (excluding diaryl/α,β-unsaturated/α-hetero) is 1. The lowest BCUT2D eigenvalue weighted by molar-refractivity contribution is -0.121. The zero-order chi connectivity index (χ0) is 14.8. The summed E-state index contributed by atoms with van der Waals surface area (Å²) in [5.41, 5.74) is 0.978. The Morgan fingerprint density at radius 2 is 2.00 bits per heavy atom. The van der Waals surface area contributed by atoms with Crippen molar-refractivity contribution in [2.45, 2.75) is 6.54 Å². The monoisotopic (exact) mass is 310 g/mol. The highest BCUT2D eigenvalue weighted by Crippen LogP contribution is 2.18. The van der Waals surface area contributed by atoms with Gasteiger partial charge in [-0.2, -0.15) is 0 Å². The molecule has 7 heteroatoms. The van der Waals surface area contributed by atoms with Crippen LogP contribution in [0.25, 0.3) is 11.1 Å². The number of hydrogen-bond acceptors (Lipinski definition) is 5. The third kappa shape index (κ3) is 3.18. The number of fused-ring (bicyclic) bond motifs is 1. The minimum absolute atomic E-state index is 0.0104. The maximum atomic E-state index is 12.1. The summed E-state index contributed by atoms with van der Waals surface area (Å²) in [6.07, 6.45) is 0. The van der Waals surface area contributed by atoms with Crippen LogP contribution in [-0.4, -0.2) is 48.1 Å². The van der Waals surface area contributed by atoms with Crippen molar-refractivity contribution in [1.29, 1.82) is 0 Å². The van der Waals surface area contributed by atoms with Crippen LogP contribution < -0.4 is 5.76 Å². The predicted molar refractivity (Wildman–Crippen MR) is 77.8 cm³/mol. The van der Waals surface area contributed by atoms with E-state index < -0.39 is 5.76 Å². The first-order chi connectivity index (χ1) is 10.1. The molecule has 1 fully saturated rings. The molecular weight excluding hydrogens is 296 g/mol. The molecule has 1 saturated heterocycles.